The van der Waals surface area contributed by atoms with E-state index in [2.05, 4.69) is 15.2 Å². The number of para-hydroxylation sites is 1. The summed E-state index contributed by atoms with van der Waals surface area (Å²) in [6.07, 6.45) is 7.57. The number of fused-ring (bicyclic) bond motifs is 1. The van der Waals surface area contributed by atoms with Crippen LogP contribution >= 0.6 is 11.6 Å². The summed E-state index contributed by atoms with van der Waals surface area (Å²) in [5.74, 6) is -2.72. The minimum atomic E-state index is -2.56. The smallest absolute Gasteiger partial charge is 0.256 e. The summed E-state index contributed by atoms with van der Waals surface area (Å²) in [6.45, 7) is 2.00. The molecule has 2 saturated heterocycles. The first kappa shape index (κ1) is 29.3. The molecule has 0 bridgehead atoms. The number of likely N-dealkylation sites (tertiary alicyclic amines) is 2. The molecule has 7 nitrogen and oxygen atoms in total. The zero-order chi connectivity index (χ0) is 30.0. The molecule has 0 saturated carbocycles. The molecule has 0 unspecified atom stereocenters. The Bertz CT molecular complexity index is 1610. The van der Waals surface area contributed by atoms with E-state index in [9.17, 15) is 18.4 Å². The van der Waals surface area contributed by atoms with Crippen molar-refractivity contribution in [2.24, 2.45) is 0 Å². The molecule has 1 N–H and O–H groups in total. The van der Waals surface area contributed by atoms with Gasteiger partial charge in [-0.3, -0.25) is 19.5 Å². The largest absolute Gasteiger partial charge is 0.338 e. The minimum absolute atomic E-state index is 0.0489. The highest BCUT2D eigenvalue weighted by Crippen LogP contribution is 2.33. The Morgan fingerprint density at radius 1 is 1.00 bits per heavy atom. The van der Waals surface area contributed by atoms with Gasteiger partial charge in [0.25, 0.3) is 11.8 Å². The van der Waals surface area contributed by atoms with Gasteiger partial charge in [0, 0.05) is 81.1 Å². The van der Waals surface area contributed by atoms with E-state index < -0.39 is 5.92 Å². The van der Waals surface area contributed by atoms with Crippen molar-refractivity contribution < 1.29 is 18.4 Å². The quantitative estimate of drug-likeness (QED) is 0.258. The monoisotopic (exact) mass is 605 g/mol. The van der Waals surface area contributed by atoms with Crippen LogP contribution in [0.3, 0.4) is 0 Å². The van der Waals surface area contributed by atoms with E-state index in [-0.39, 0.29) is 30.7 Å². The normalized spacial score (nSPS) is 17.7. The third-order valence-electron chi connectivity index (χ3n) is 8.59. The number of halogens is 3. The minimum Gasteiger partial charge on any atom is -0.338 e. The summed E-state index contributed by atoms with van der Waals surface area (Å²) in [7, 11) is 0. The van der Waals surface area contributed by atoms with E-state index in [1.165, 1.54) is 0 Å². The fraction of sp³-hybridized carbons (Fsp3) is 0.364. The molecule has 224 valence electrons. The van der Waals surface area contributed by atoms with Crippen LogP contribution in [-0.2, 0) is 11.2 Å². The number of benzene rings is 2. The Morgan fingerprint density at radius 2 is 1.77 bits per heavy atom. The number of amides is 2. The van der Waals surface area contributed by atoms with Crippen LogP contribution in [0.1, 0.15) is 48.0 Å². The van der Waals surface area contributed by atoms with Gasteiger partial charge in [0.15, 0.2) is 0 Å². The van der Waals surface area contributed by atoms with Gasteiger partial charge in [0.2, 0.25) is 5.91 Å². The van der Waals surface area contributed by atoms with Crippen LogP contribution in [0, 0.1) is 0 Å². The van der Waals surface area contributed by atoms with Crippen LogP contribution < -0.4 is 5.32 Å². The van der Waals surface area contributed by atoms with Gasteiger partial charge >= 0.3 is 0 Å². The molecule has 0 spiro atoms. The number of nitrogens with zero attached hydrogens (tertiary/aromatic N) is 4. The third kappa shape index (κ3) is 6.58. The predicted octanol–water partition coefficient (Wildman–Crippen LogP) is 6.59. The van der Waals surface area contributed by atoms with E-state index in [0.717, 1.165) is 29.3 Å². The number of rotatable bonds is 7. The maximum Gasteiger partial charge on any atom is 0.256 e. The molecule has 2 aliphatic rings. The van der Waals surface area contributed by atoms with Crippen molar-refractivity contribution in [3.05, 3.63) is 89.3 Å². The second kappa shape index (κ2) is 12.4. The van der Waals surface area contributed by atoms with Crippen LogP contribution in [0.25, 0.3) is 16.6 Å². The second-order valence-corrected chi connectivity index (χ2v) is 11.8. The van der Waals surface area contributed by atoms with Gasteiger partial charge in [-0.05, 0) is 55.2 Å². The van der Waals surface area contributed by atoms with Crippen LogP contribution in [0.4, 0.5) is 14.5 Å². The number of piperidine rings is 2. The van der Waals surface area contributed by atoms with Crippen LogP contribution in [0.5, 0.6) is 0 Å². The summed E-state index contributed by atoms with van der Waals surface area (Å²) in [5.41, 5.74) is 3.74. The van der Waals surface area contributed by atoms with E-state index in [4.69, 9.17) is 11.6 Å². The van der Waals surface area contributed by atoms with Crippen LogP contribution in [0.15, 0.2) is 73.2 Å². The summed E-state index contributed by atoms with van der Waals surface area (Å²) in [6, 6.07) is 17.1. The Kier molecular flexibility index (Phi) is 8.45. The number of carbonyl (C=O) groups is 2. The molecule has 2 amide bonds. The molecule has 4 aromatic rings. The average molecular weight is 606 g/mol. The van der Waals surface area contributed by atoms with E-state index >= 15 is 0 Å². The lowest BCUT2D eigenvalue weighted by atomic mass is 9.98. The molecule has 43 heavy (non-hydrogen) atoms. The number of carbonyl (C=O) groups excluding carboxylic acids is 2. The first-order valence-electron chi connectivity index (χ1n) is 14.8. The summed E-state index contributed by atoms with van der Waals surface area (Å²) in [4.78, 5) is 34.4. The van der Waals surface area contributed by atoms with E-state index in [1.807, 2.05) is 58.1 Å². The molecule has 0 radical (unpaired) electrons. The van der Waals surface area contributed by atoms with Gasteiger partial charge in [-0.15, -0.1) is 0 Å². The van der Waals surface area contributed by atoms with Crippen molar-refractivity contribution in [2.45, 2.75) is 50.5 Å². The number of hydrogen-bond acceptors (Lipinski definition) is 4. The van der Waals surface area contributed by atoms with Crippen molar-refractivity contribution in [1.82, 2.24) is 19.4 Å². The number of pyridine rings is 1. The Morgan fingerprint density at radius 3 is 2.49 bits per heavy atom. The molecule has 0 aliphatic carbocycles. The van der Waals surface area contributed by atoms with Crippen molar-refractivity contribution in [2.75, 3.05) is 31.5 Å². The topological polar surface area (TPSA) is 70.5 Å². The average Bonchev–Trinajstić information content (AvgIpc) is 3.40. The summed E-state index contributed by atoms with van der Waals surface area (Å²) < 4.78 is 29.2. The predicted molar refractivity (Wildman–Crippen MR) is 164 cm³/mol. The molecular formula is C33H34ClF2N5O2. The molecule has 2 aromatic heterocycles. The Hall–Kier alpha value is -3.82. The molecule has 0 atom stereocenters. The van der Waals surface area contributed by atoms with Crippen molar-refractivity contribution >= 4 is 40.0 Å². The van der Waals surface area contributed by atoms with Crippen LogP contribution in [0.2, 0.25) is 5.02 Å². The number of aryl methyl sites for hydroxylation is 1. The number of anilines is 1. The van der Waals surface area contributed by atoms with Crippen molar-refractivity contribution in [3.8, 4) is 5.69 Å². The van der Waals surface area contributed by atoms with Crippen molar-refractivity contribution in [3.63, 3.8) is 0 Å². The first-order valence-corrected chi connectivity index (χ1v) is 15.2. The Labute approximate surface area is 254 Å². The number of aromatic nitrogens is 2. The first-order chi connectivity index (χ1) is 20.8. The lowest BCUT2D eigenvalue weighted by Crippen LogP contribution is -2.50. The van der Waals surface area contributed by atoms with Gasteiger partial charge in [-0.2, -0.15) is 0 Å². The zero-order valence-electron chi connectivity index (χ0n) is 23.8. The fourth-order valence-corrected chi connectivity index (χ4v) is 6.45. The zero-order valence-corrected chi connectivity index (χ0v) is 24.6. The molecule has 10 heteroatoms. The molecule has 2 fully saturated rings. The van der Waals surface area contributed by atoms with Gasteiger partial charge in [0.05, 0.1) is 21.8 Å². The number of alkyl halides is 2. The fourth-order valence-electron chi connectivity index (χ4n) is 6.18. The van der Waals surface area contributed by atoms with Gasteiger partial charge in [-0.25, -0.2) is 8.78 Å². The maximum absolute atomic E-state index is 13.8. The molecule has 2 aliphatic heterocycles. The highest BCUT2D eigenvalue weighted by atomic mass is 35.5. The maximum atomic E-state index is 13.8. The molecule has 6 rings (SSSR count). The standard InChI is InChI=1S/C33H34ClF2N5O2/c34-28-20-24(38-31(42)10-7-23-4-3-15-37-21-23)8-9-30(28)41-22-27(26-5-1-2-6-29(26)41)32(43)40-16-11-25(12-17-40)39-18-13-33(35,36)14-19-39/h1-6,8-9,15,20-22,25H,7,10-14,16-19H2,(H,38,42). The lowest BCUT2D eigenvalue weighted by molar-refractivity contribution is -0.116. The summed E-state index contributed by atoms with van der Waals surface area (Å²) in [5, 5.41) is 4.18. The number of nitrogens with one attached hydrogen (secondary N) is 1. The Balaban J connectivity index is 1.14. The molecular weight excluding hydrogens is 572 g/mol. The molecule has 4 heterocycles. The lowest BCUT2D eigenvalue weighted by Gasteiger charge is -2.41. The molecule has 2 aromatic carbocycles. The highest BCUT2D eigenvalue weighted by Gasteiger charge is 2.37. The SMILES string of the molecule is O=C(CCc1cccnc1)Nc1ccc(-n2cc(C(=O)N3CCC(N4CCC(F)(F)CC4)CC3)c3ccccc32)c(Cl)c1. The van der Waals surface area contributed by atoms with Crippen LogP contribution in [-0.4, -0.2) is 69.3 Å². The van der Waals surface area contributed by atoms with E-state index in [0.29, 0.717) is 61.0 Å². The third-order valence-corrected chi connectivity index (χ3v) is 8.90. The summed E-state index contributed by atoms with van der Waals surface area (Å²) >= 11 is 6.74. The van der Waals surface area contributed by atoms with Crippen molar-refractivity contribution in [1.29, 1.82) is 0 Å². The van der Waals surface area contributed by atoms with Gasteiger partial charge in [0.1, 0.15) is 0 Å². The van der Waals surface area contributed by atoms with Gasteiger partial charge < -0.3 is 14.8 Å². The number of hydrogen-bond donors (Lipinski definition) is 1. The second-order valence-electron chi connectivity index (χ2n) is 11.4. The highest BCUT2D eigenvalue weighted by molar-refractivity contribution is 6.33. The van der Waals surface area contributed by atoms with Gasteiger partial charge in [-0.1, -0.05) is 35.9 Å². The van der Waals surface area contributed by atoms with E-state index in [1.54, 1.807) is 24.5 Å².